The Hall–Kier alpha value is -0.770. The number of fused-ring (bicyclic) bond motifs is 1. The first-order valence-electron chi connectivity index (χ1n) is 5.55. The van der Waals surface area contributed by atoms with Gasteiger partial charge in [-0.05, 0) is 12.1 Å². The number of hydrogen-bond donors (Lipinski definition) is 0. The highest BCUT2D eigenvalue weighted by Crippen LogP contribution is 2.33. The molecule has 4 nitrogen and oxygen atoms in total. The molecule has 0 atom stereocenters. The van der Waals surface area contributed by atoms with Crippen LogP contribution in [0.1, 0.15) is 11.4 Å². The number of halogens is 6. The second-order valence-corrected chi connectivity index (χ2v) is 5.86. The number of thioether (sulfide) groups is 1. The summed E-state index contributed by atoms with van der Waals surface area (Å²) in [5.41, 5.74) is 0.931. The maximum Gasteiger partial charge on any atom is 0.453 e. The average Bonchev–Trinajstić information content (AvgIpc) is 2.81. The summed E-state index contributed by atoms with van der Waals surface area (Å²) in [5.74, 6) is -0.815. The number of nitrogens with zero attached hydrogens (tertiary/aromatic N) is 4. The molecule has 0 spiro atoms. The van der Waals surface area contributed by atoms with Gasteiger partial charge in [-0.1, -0.05) is 41.0 Å². The zero-order valence-electron chi connectivity index (χ0n) is 10.4. The minimum Gasteiger partial charge on any atom is -0.182 e. The van der Waals surface area contributed by atoms with Crippen LogP contribution in [0.4, 0.5) is 13.2 Å². The second-order valence-electron chi connectivity index (χ2n) is 4.08. The van der Waals surface area contributed by atoms with Crippen molar-refractivity contribution in [2.24, 2.45) is 5.10 Å². The van der Waals surface area contributed by atoms with Crippen LogP contribution in [0.3, 0.4) is 0 Å². The molecule has 2 heterocycles. The van der Waals surface area contributed by atoms with Crippen molar-refractivity contribution in [2.45, 2.75) is 11.3 Å². The van der Waals surface area contributed by atoms with Crippen molar-refractivity contribution in [1.82, 2.24) is 14.9 Å². The Morgan fingerprint density at radius 1 is 1.18 bits per heavy atom. The third kappa shape index (κ3) is 3.27. The van der Waals surface area contributed by atoms with Gasteiger partial charge in [0, 0.05) is 16.3 Å². The zero-order valence-corrected chi connectivity index (χ0v) is 14.5. The van der Waals surface area contributed by atoms with Crippen molar-refractivity contribution in [2.75, 3.05) is 5.75 Å². The van der Waals surface area contributed by atoms with Crippen LogP contribution in [-0.2, 0) is 6.18 Å². The molecule has 1 aliphatic rings. The molecule has 1 aromatic carbocycles. The van der Waals surface area contributed by atoms with E-state index in [2.05, 4.69) is 15.3 Å². The third-order valence-corrected chi connectivity index (χ3v) is 4.14. The first-order valence-corrected chi connectivity index (χ1v) is 7.29. The summed E-state index contributed by atoms with van der Waals surface area (Å²) in [6, 6.07) is 4.73. The van der Waals surface area contributed by atoms with E-state index >= 15 is 0 Å². The van der Waals surface area contributed by atoms with Crippen molar-refractivity contribution >= 4 is 57.7 Å². The zero-order chi connectivity index (χ0) is 15.2. The fraction of sp³-hybridized carbons (Fsp3) is 0.182. The van der Waals surface area contributed by atoms with Gasteiger partial charge in [0.25, 0.3) is 5.82 Å². The lowest BCUT2D eigenvalue weighted by atomic mass is 10.1. The summed E-state index contributed by atoms with van der Waals surface area (Å²) in [4.78, 5) is 0. The van der Waals surface area contributed by atoms with Gasteiger partial charge in [-0.15, -0.1) is 27.2 Å². The summed E-state index contributed by atoms with van der Waals surface area (Å²) < 4.78 is 39.2. The summed E-state index contributed by atoms with van der Waals surface area (Å²) in [5, 5.41) is 11.5. The maximum atomic E-state index is 12.8. The standard InChI is InChI=1S/C11H5Cl2F3N4S.BrH/c12-5-1-2-6(7(13)3-5)8-4-21-10-18-17-9(11(14,15)16)20(10)19-8;/h1-3H,4H2;1H. The molecule has 0 saturated carbocycles. The van der Waals surface area contributed by atoms with Crippen LogP contribution in [0.15, 0.2) is 28.5 Å². The number of alkyl halides is 3. The fourth-order valence-electron chi connectivity index (χ4n) is 1.76. The highest BCUT2D eigenvalue weighted by atomic mass is 79.9. The Labute approximate surface area is 147 Å². The van der Waals surface area contributed by atoms with Gasteiger partial charge in [-0.2, -0.15) is 22.9 Å². The number of hydrogen-bond acceptors (Lipinski definition) is 4. The lowest BCUT2D eigenvalue weighted by Gasteiger charge is -2.15. The SMILES string of the molecule is Br.FC(F)(F)c1nnc2n1N=C(c1ccc(Cl)cc1Cl)CS2. The normalized spacial score (nSPS) is 14.1. The van der Waals surface area contributed by atoms with E-state index in [9.17, 15) is 13.2 Å². The Bertz CT molecular complexity index is 747. The van der Waals surface area contributed by atoms with E-state index in [1.165, 1.54) is 6.07 Å². The quantitative estimate of drug-likeness (QED) is 0.663. The molecule has 1 aliphatic heterocycles. The molecule has 22 heavy (non-hydrogen) atoms. The molecule has 2 aromatic rings. The number of aromatic nitrogens is 3. The van der Waals surface area contributed by atoms with Gasteiger partial charge in [0.15, 0.2) is 0 Å². The Kier molecular flexibility index (Phi) is 5.10. The summed E-state index contributed by atoms with van der Waals surface area (Å²) >= 11 is 13.0. The predicted octanol–water partition coefficient (Wildman–Crippen LogP) is 4.54. The van der Waals surface area contributed by atoms with Crippen molar-refractivity contribution in [3.05, 3.63) is 39.6 Å². The minimum absolute atomic E-state index is 0. The van der Waals surface area contributed by atoms with Crippen LogP contribution in [-0.4, -0.2) is 26.3 Å². The predicted molar refractivity (Wildman–Crippen MR) is 84.5 cm³/mol. The monoisotopic (exact) mass is 432 g/mol. The van der Waals surface area contributed by atoms with E-state index < -0.39 is 12.0 Å². The largest absolute Gasteiger partial charge is 0.453 e. The molecule has 0 radical (unpaired) electrons. The van der Waals surface area contributed by atoms with Crippen molar-refractivity contribution in [1.29, 1.82) is 0 Å². The molecular weight excluding hydrogens is 428 g/mol. The highest BCUT2D eigenvalue weighted by molar-refractivity contribution is 8.93. The lowest BCUT2D eigenvalue weighted by Crippen LogP contribution is -2.19. The average molecular weight is 434 g/mol. The molecular formula is C11H6BrCl2F3N4S. The van der Waals surface area contributed by atoms with Gasteiger partial charge >= 0.3 is 6.18 Å². The molecule has 0 aliphatic carbocycles. The molecule has 0 bridgehead atoms. The number of benzene rings is 1. The van der Waals surface area contributed by atoms with E-state index in [0.717, 1.165) is 11.8 Å². The first kappa shape index (κ1) is 17.6. The first-order chi connectivity index (χ1) is 9.86. The fourth-order valence-corrected chi connectivity index (χ4v) is 3.10. The van der Waals surface area contributed by atoms with E-state index in [1.807, 2.05) is 0 Å². The molecule has 1 aromatic heterocycles. The summed E-state index contributed by atoms with van der Waals surface area (Å²) in [7, 11) is 0. The van der Waals surface area contributed by atoms with Gasteiger partial charge in [0.05, 0.1) is 10.7 Å². The molecule has 3 rings (SSSR count). The van der Waals surface area contributed by atoms with Crippen molar-refractivity contribution in [3.63, 3.8) is 0 Å². The maximum absolute atomic E-state index is 12.8. The Morgan fingerprint density at radius 2 is 1.91 bits per heavy atom. The van der Waals surface area contributed by atoms with E-state index in [0.29, 0.717) is 31.7 Å². The van der Waals surface area contributed by atoms with Crippen LogP contribution in [0, 0.1) is 0 Å². The molecule has 0 N–H and O–H groups in total. The second kappa shape index (κ2) is 6.38. The van der Waals surface area contributed by atoms with E-state index in [-0.39, 0.29) is 22.1 Å². The lowest BCUT2D eigenvalue weighted by molar-refractivity contribution is -0.147. The third-order valence-electron chi connectivity index (χ3n) is 2.67. The van der Waals surface area contributed by atoms with Gasteiger partial charge in [0.1, 0.15) is 0 Å². The van der Waals surface area contributed by atoms with Gasteiger partial charge < -0.3 is 0 Å². The highest BCUT2D eigenvalue weighted by Gasteiger charge is 2.40. The van der Waals surface area contributed by atoms with E-state index in [1.54, 1.807) is 12.1 Å². The van der Waals surface area contributed by atoms with Crippen LogP contribution >= 0.6 is 51.9 Å². The Balaban J connectivity index is 0.00000176. The van der Waals surface area contributed by atoms with Crippen LogP contribution in [0.25, 0.3) is 0 Å². The molecule has 11 heteroatoms. The van der Waals surface area contributed by atoms with Crippen molar-refractivity contribution < 1.29 is 13.2 Å². The molecule has 0 saturated heterocycles. The molecule has 0 fully saturated rings. The smallest absolute Gasteiger partial charge is 0.182 e. The van der Waals surface area contributed by atoms with Crippen LogP contribution < -0.4 is 0 Å². The summed E-state index contributed by atoms with van der Waals surface area (Å²) in [6.45, 7) is 0. The van der Waals surface area contributed by atoms with Gasteiger partial charge in [0.2, 0.25) is 5.16 Å². The van der Waals surface area contributed by atoms with Gasteiger partial charge in [-0.25, -0.2) is 0 Å². The number of rotatable bonds is 1. The van der Waals surface area contributed by atoms with Crippen LogP contribution in [0.5, 0.6) is 0 Å². The molecule has 118 valence electrons. The topological polar surface area (TPSA) is 43.1 Å². The molecule has 0 amide bonds. The van der Waals surface area contributed by atoms with E-state index in [4.69, 9.17) is 23.2 Å². The van der Waals surface area contributed by atoms with Crippen LogP contribution in [0.2, 0.25) is 10.0 Å². The minimum atomic E-state index is -4.62. The summed E-state index contributed by atoms with van der Waals surface area (Å²) in [6.07, 6.45) is -4.62. The van der Waals surface area contributed by atoms with Gasteiger partial charge in [-0.3, -0.25) is 0 Å². The molecule has 0 unspecified atom stereocenters. The Morgan fingerprint density at radius 3 is 2.55 bits per heavy atom. The van der Waals surface area contributed by atoms with Crippen molar-refractivity contribution in [3.8, 4) is 0 Å².